The predicted molar refractivity (Wildman–Crippen MR) is 92.8 cm³/mol. The maximum Gasteiger partial charge on any atom is 0.0466 e. The van der Waals surface area contributed by atoms with E-state index >= 15 is 0 Å². The van der Waals surface area contributed by atoms with Gasteiger partial charge in [-0.05, 0) is 53.1 Å². The van der Waals surface area contributed by atoms with Crippen LogP contribution in [0.15, 0.2) is 55.1 Å². The average molecular weight is 297 g/mol. The highest BCUT2D eigenvalue weighted by atomic mass is 32.2. The minimum Gasteiger partial charge on any atom is -0.199 e. The van der Waals surface area contributed by atoms with Gasteiger partial charge in [0.05, 0.1) is 0 Å². The number of hydrogen-bond acceptors (Lipinski definition) is 3. The second kappa shape index (κ2) is 5.92. The largest absolute Gasteiger partial charge is 0.199 e. The van der Waals surface area contributed by atoms with Crippen molar-refractivity contribution < 1.29 is 0 Å². The van der Waals surface area contributed by atoms with Crippen molar-refractivity contribution in [2.75, 3.05) is 0 Å². The first-order valence-electron chi connectivity index (χ1n) is 6.41. The molecule has 0 bridgehead atoms. The summed E-state index contributed by atoms with van der Waals surface area (Å²) in [5.74, 6) is 0. The van der Waals surface area contributed by atoms with Crippen LogP contribution in [0.4, 0.5) is 0 Å². The van der Waals surface area contributed by atoms with Crippen molar-refractivity contribution in [3.05, 3.63) is 77.4 Å². The van der Waals surface area contributed by atoms with Crippen LogP contribution in [0.25, 0.3) is 15.9 Å². The lowest BCUT2D eigenvalue weighted by atomic mass is 10.1. The molecule has 20 heavy (non-hydrogen) atoms. The Balaban J connectivity index is 2.07. The van der Waals surface area contributed by atoms with Crippen molar-refractivity contribution in [2.24, 2.45) is 0 Å². The first-order valence-corrected chi connectivity index (χ1v) is 8.05. The van der Waals surface area contributed by atoms with Crippen LogP contribution >= 0.6 is 23.9 Å². The van der Waals surface area contributed by atoms with Gasteiger partial charge in [-0.25, -0.2) is 0 Å². The fourth-order valence-electron chi connectivity index (χ4n) is 2.16. The molecular weight excluding hydrogens is 282 g/mol. The highest BCUT2D eigenvalue weighted by Gasteiger charge is 2.20. The molecule has 0 unspecified atom stereocenters. The zero-order chi connectivity index (χ0) is 13.9. The molecule has 2 aromatic rings. The van der Waals surface area contributed by atoms with Crippen molar-refractivity contribution >= 4 is 39.8 Å². The average Bonchev–Trinajstić information content (AvgIpc) is 2.97. The normalized spacial score (nSPS) is 14.7. The topological polar surface area (TPSA) is 12.0 Å². The molecule has 0 aliphatic carbocycles. The summed E-state index contributed by atoms with van der Waals surface area (Å²) >= 11 is 3.38. The van der Waals surface area contributed by atoms with Gasteiger partial charge in [0.1, 0.15) is 0 Å². The Morgan fingerprint density at radius 1 is 0.950 bits per heavy atom. The molecule has 2 aromatic carbocycles. The second-order valence-corrected chi connectivity index (χ2v) is 6.48. The van der Waals surface area contributed by atoms with Crippen LogP contribution in [0.5, 0.6) is 0 Å². The summed E-state index contributed by atoms with van der Waals surface area (Å²) in [5.41, 5.74) is 5.00. The van der Waals surface area contributed by atoms with E-state index in [-0.39, 0.29) is 0 Å². The molecule has 3 rings (SSSR count). The van der Waals surface area contributed by atoms with Crippen molar-refractivity contribution in [2.45, 2.75) is 6.92 Å². The van der Waals surface area contributed by atoms with Crippen molar-refractivity contribution in [1.29, 1.82) is 0 Å². The third-order valence-corrected chi connectivity index (χ3v) is 5.36. The molecule has 1 N–H and O–H groups in total. The summed E-state index contributed by atoms with van der Waals surface area (Å²) in [6.45, 7) is 5.96. The van der Waals surface area contributed by atoms with Crippen LogP contribution in [0.1, 0.15) is 22.3 Å². The van der Waals surface area contributed by atoms with E-state index in [4.69, 9.17) is 0 Å². The lowest BCUT2D eigenvalue weighted by Gasteiger charge is -2.08. The SMILES string of the molecule is C=Cc1ccc(C2=C(c3ccccc3C)SNS2)cc1. The molecule has 1 heterocycles. The van der Waals surface area contributed by atoms with Gasteiger partial charge in [-0.3, -0.25) is 0 Å². The first-order chi connectivity index (χ1) is 9.79. The van der Waals surface area contributed by atoms with Gasteiger partial charge in [0.15, 0.2) is 0 Å². The summed E-state index contributed by atoms with van der Waals surface area (Å²) in [5, 5.41) is 0. The van der Waals surface area contributed by atoms with E-state index < -0.39 is 0 Å². The molecule has 1 aliphatic heterocycles. The molecule has 100 valence electrons. The van der Waals surface area contributed by atoms with Gasteiger partial charge < -0.3 is 0 Å². The number of hydrogen-bond donors (Lipinski definition) is 1. The lowest BCUT2D eigenvalue weighted by Crippen LogP contribution is -1.87. The lowest BCUT2D eigenvalue weighted by molar-refractivity contribution is 1.44. The van der Waals surface area contributed by atoms with Gasteiger partial charge in [-0.2, -0.15) is 4.13 Å². The zero-order valence-corrected chi connectivity index (χ0v) is 12.9. The Bertz CT molecular complexity index is 672. The molecular formula is C17H15NS2. The Hall–Kier alpha value is -1.42. The standard InChI is InChI=1S/C17H15NS2/c1-3-13-8-10-14(11-9-13)16-17(20-18-19-16)15-7-5-4-6-12(15)2/h3-11,18H,1H2,2H3. The molecule has 0 saturated heterocycles. The monoisotopic (exact) mass is 297 g/mol. The Kier molecular flexibility index (Phi) is 4.01. The smallest absolute Gasteiger partial charge is 0.0466 e. The third-order valence-electron chi connectivity index (χ3n) is 3.29. The van der Waals surface area contributed by atoms with Crippen molar-refractivity contribution in [1.82, 2.24) is 4.13 Å². The summed E-state index contributed by atoms with van der Waals surface area (Å²) in [6, 6.07) is 17.0. The summed E-state index contributed by atoms with van der Waals surface area (Å²) in [4.78, 5) is 2.60. The van der Waals surface area contributed by atoms with Gasteiger partial charge in [0.2, 0.25) is 0 Å². The quantitative estimate of drug-likeness (QED) is 0.766. The summed E-state index contributed by atoms with van der Waals surface area (Å²) in [6.07, 6.45) is 1.87. The molecule has 1 aliphatic rings. The molecule has 3 heteroatoms. The van der Waals surface area contributed by atoms with E-state index in [9.17, 15) is 0 Å². The minimum absolute atomic E-state index is 1.15. The van der Waals surface area contributed by atoms with E-state index in [1.807, 2.05) is 6.08 Å². The molecule has 1 nitrogen and oxygen atoms in total. The van der Waals surface area contributed by atoms with Gasteiger partial charge in [0.25, 0.3) is 0 Å². The number of aryl methyl sites for hydroxylation is 1. The molecule has 0 spiro atoms. The van der Waals surface area contributed by atoms with Crippen molar-refractivity contribution in [3.8, 4) is 0 Å². The number of rotatable bonds is 3. The summed E-state index contributed by atoms with van der Waals surface area (Å²) in [7, 11) is 0. The zero-order valence-electron chi connectivity index (χ0n) is 11.2. The maximum absolute atomic E-state index is 3.80. The van der Waals surface area contributed by atoms with E-state index in [0.29, 0.717) is 0 Å². The van der Waals surface area contributed by atoms with Crippen LogP contribution in [0.2, 0.25) is 0 Å². The molecule has 0 radical (unpaired) electrons. The predicted octanol–water partition coefficient (Wildman–Crippen LogP) is 5.36. The maximum atomic E-state index is 3.80. The van der Waals surface area contributed by atoms with Crippen LogP contribution in [0, 0.1) is 6.92 Å². The highest BCUT2D eigenvalue weighted by molar-refractivity contribution is 8.25. The van der Waals surface area contributed by atoms with E-state index in [1.54, 1.807) is 23.9 Å². The van der Waals surface area contributed by atoms with E-state index in [1.165, 1.54) is 26.5 Å². The van der Waals surface area contributed by atoms with Gasteiger partial charge in [-0.1, -0.05) is 61.2 Å². The third kappa shape index (κ3) is 2.57. The Morgan fingerprint density at radius 2 is 1.65 bits per heavy atom. The second-order valence-electron chi connectivity index (χ2n) is 4.59. The van der Waals surface area contributed by atoms with E-state index in [0.717, 1.165) is 5.56 Å². The molecule has 0 amide bonds. The van der Waals surface area contributed by atoms with Gasteiger partial charge in [0, 0.05) is 9.81 Å². The summed E-state index contributed by atoms with van der Waals surface area (Å²) < 4.78 is 3.31. The van der Waals surface area contributed by atoms with Crippen LogP contribution < -0.4 is 4.13 Å². The molecule has 0 aromatic heterocycles. The molecule has 0 fully saturated rings. The number of nitrogens with one attached hydrogen (secondary N) is 1. The van der Waals surface area contributed by atoms with E-state index in [2.05, 4.69) is 66.2 Å². The molecule has 0 saturated carbocycles. The van der Waals surface area contributed by atoms with Crippen molar-refractivity contribution in [3.63, 3.8) is 0 Å². The van der Waals surface area contributed by atoms with Crippen LogP contribution in [-0.4, -0.2) is 0 Å². The van der Waals surface area contributed by atoms with Gasteiger partial charge in [-0.15, -0.1) is 0 Å². The van der Waals surface area contributed by atoms with Gasteiger partial charge >= 0.3 is 0 Å². The fraction of sp³-hybridized carbons (Fsp3) is 0.0588. The number of benzene rings is 2. The molecule has 0 atom stereocenters. The minimum atomic E-state index is 1.15. The van der Waals surface area contributed by atoms with Crippen LogP contribution in [-0.2, 0) is 0 Å². The fourth-order valence-corrected chi connectivity index (χ4v) is 4.25. The Morgan fingerprint density at radius 3 is 2.35 bits per heavy atom. The highest BCUT2D eigenvalue weighted by Crippen LogP contribution is 2.47. The Labute approximate surface area is 128 Å². The van der Waals surface area contributed by atoms with Crippen LogP contribution in [0.3, 0.4) is 0 Å². The first kappa shape index (κ1) is 13.6.